The van der Waals surface area contributed by atoms with Crippen molar-refractivity contribution in [1.82, 2.24) is 15.5 Å². The highest BCUT2D eigenvalue weighted by molar-refractivity contribution is 5.96. The zero-order valence-electron chi connectivity index (χ0n) is 18.6. The minimum Gasteiger partial charge on any atom is -0.428 e. The number of hydrogen-bond donors (Lipinski definition) is 4. The molecule has 3 rings (SSSR count). The van der Waals surface area contributed by atoms with E-state index in [0.29, 0.717) is 18.7 Å². The van der Waals surface area contributed by atoms with Crippen LogP contribution in [0.2, 0.25) is 0 Å². The molecule has 2 amide bonds. The van der Waals surface area contributed by atoms with E-state index in [2.05, 4.69) is 22.8 Å². The van der Waals surface area contributed by atoms with Gasteiger partial charge in [-0.25, -0.2) is 4.79 Å². The number of amides is 2. The first-order chi connectivity index (χ1) is 14.7. The summed E-state index contributed by atoms with van der Waals surface area (Å²) < 4.78 is 4.93. The average Bonchev–Trinajstić information content (AvgIpc) is 2.73. The number of hydrogen-bond acceptors (Lipinski definition) is 5. The summed E-state index contributed by atoms with van der Waals surface area (Å²) in [7, 11) is 1.92. The molecule has 164 valence electrons. The Bertz CT molecular complexity index is 994. The first kappa shape index (κ1) is 22.5. The first-order valence-electron chi connectivity index (χ1n) is 10.4. The van der Waals surface area contributed by atoms with E-state index in [1.807, 2.05) is 50.9 Å². The second kappa shape index (κ2) is 9.31. The van der Waals surface area contributed by atoms with Gasteiger partial charge in [-0.15, -0.1) is 0 Å². The van der Waals surface area contributed by atoms with Crippen molar-refractivity contribution in [3.8, 4) is 11.1 Å². The van der Waals surface area contributed by atoms with Gasteiger partial charge in [-0.3, -0.25) is 10.8 Å². The lowest BCUT2D eigenvalue weighted by molar-refractivity contribution is 0.183. The first-order valence-corrected chi connectivity index (χ1v) is 10.4. The number of nitrogens with zero attached hydrogens (tertiary/aromatic N) is 1. The third-order valence-corrected chi connectivity index (χ3v) is 5.26. The second-order valence-corrected chi connectivity index (χ2v) is 8.76. The number of benzene rings is 2. The summed E-state index contributed by atoms with van der Waals surface area (Å²) in [6.07, 6.45) is 1.53. The Kier molecular flexibility index (Phi) is 6.75. The predicted octanol–water partition coefficient (Wildman–Crippen LogP) is 3.89. The summed E-state index contributed by atoms with van der Waals surface area (Å²) in [6.45, 7) is 7.90. The average molecular weight is 422 g/mol. The van der Waals surface area contributed by atoms with Crippen LogP contribution in [0.3, 0.4) is 0 Å². The summed E-state index contributed by atoms with van der Waals surface area (Å²) in [6, 6.07) is 11.8. The van der Waals surface area contributed by atoms with Gasteiger partial charge in [0.15, 0.2) is 6.40 Å². The Morgan fingerprint density at radius 3 is 2.68 bits per heavy atom. The maximum atomic E-state index is 12.8. The van der Waals surface area contributed by atoms with E-state index in [4.69, 9.17) is 15.6 Å². The molecule has 2 aromatic rings. The molecule has 1 aliphatic rings. The van der Waals surface area contributed by atoms with Crippen molar-refractivity contribution in [3.05, 3.63) is 58.7 Å². The Balaban J connectivity index is 1.99. The van der Waals surface area contributed by atoms with Crippen molar-refractivity contribution >= 4 is 18.3 Å². The van der Waals surface area contributed by atoms with Crippen LogP contribution >= 0.6 is 0 Å². The third kappa shape index (κ3) is 5.30. The van der Waals surface area contributed by atoms with Crippen LogP contribution in [0.1, 0.15) is 43.0 Å². The summed E-state index contributed by atoms with van der Waals surface area (Å²) in [5.74, 6) is -0.0532. The number of ether oxygens (including phenoxy) is 1. The maximum absolute atomic E-state index is 12.8. The van der Waals surface area contributed by atoms with Crippen LogP contribution in [0.4, 0.5) is 4.79 Å². The van der Waals surface area contributed by atoms with Crippen molar-refractivity contribution in [2.45, 2.75) is 45.8 Å². The number of nitrogens with one attached hydrogen (secondary N) is 4. The van der Waals surface area contributed by atoms with E-state index < -0.39 is 0 Å². The lowest BCUT2D eigenvalue weighted by atomic mass is 9.87. The minimum absolute atomic E-state index is 0.0433. The van der Waals surface area contributed by atoms with E-state index in [9.17, 15) is 4.79 Å². The van der Waals surface area contributed by atoms with E-state index in [1.165, 1.54) is 16.7 Å². The van der Waals surface area contributed by atoms with Crippen LogP contribution < -0.4 is 10.6 Å². The molecule has 31 heavy (non-hydrogen) atoms. The molecule has 0 atom stereocenters. The van der Waals surface area contributed by atoms with Crippen LogP contribution in [0.25, 0.3) is 11.1 Å². The Labute approximate surface area is 183 Å². The van der Waals surface area contributed by atoms with Gasteiger partial charge < -0.3 is 20.3 Å². The van der Waals surface area contributed by atoms with Crippen molar-refractivity contribution in [3.63, 3.8) is 0 Å². The molecule has 0 unspecified atom stereocenters. The largest absolute Gasteiger partial charge is 0.428 e. The van der Waals surface area contributed by atoms with Crippen molar-refractivity contribution < 1.29 is 9.53 Å². The summed E-state index contributed by atoms with van der Waals surface area (Å²) >= 11 is 0. The smallest absolute Gasteiger partial charge is 0.318 e. The van der Waals surface area contributed by atoms with Gasteiger partial charge in [-0.2, -0.15) is 0 Å². The molecular weight excluding hydrogens is 390 g/mol. The highest BCUT2D eigenvalue weighted by Crippen LogP contribution is 2.33. The number of carbonyl (C=O) groups is 1. The second-order valence-electron chi connectivity index (χ2n) is 8.76. The summed E-state index contributed by atoms with van der Waals surface area (Å²) in [5, 5.41) is 21.3. The number of urea groups is 1. The fourth-order valence-electron chi connectivity index (χ4n) is 3.90. The Morgan fingerprint density at radius 2 is 2.00 bits per heavy atom. The summed E-state index contributed by atoms with van der Waals surface area (Å²) in [4.78, 5) is 14.6. The molecule has 7 heteroatoms. The number of fused-ring (bicyclic) bond motifs is 1. The molecule has 1 heterocycles. The topological polar surface area (TPSA) is 101 Å². The van der Waals surface area contributed by atoms with Gasteiger partial charge in [0.1, 0.15) is 0 Å². The molecule has 1 aliphatic heterocycles. The molecule has 7 nitrogen and oxygen atoms in total. The van der Waals surface area contributed by atoms with Crippen molar-refractivity contribution in [2.75, 3.05) is 13.6 Å². The molecule has 2 aromatic carbocycles. The highest BCUT2D eigenvalue weighted by Gasteiger charge is 2.27. The zero-order chi connectivity index (χ0) is 22.6. The molecule has 0 aromatic heterocycles. The lowest BCUT2D eigenvalue weighted by Gasteiger charge is -2.34. The third-order valence-electron chi connectivity index (χ3n) is 5.26. The van der Waals surface area contributed by atoms with Crippen LogP contribution in [0.15, 0.2) is 36.4 Å². The van der Waals surface area contributed by atoms with Crippen LogP contribution in [0, 0.1) is 10.8 Å². The molecule has 0 bridgehead atoms. The van der Waals surface area contributed by atoms with Crippen molar-refractivity contribution in [1.29, 1.82) is 10.8 Å². The van der Waals surface area contributed by atoms with E-state index in [0.717, 1.165) is 30.5 Å². The van der Waals surface area contributed by atoms with Crippen molar-refractivity contribution in [2.24, 2.45) is 0 Å². The fraction of sp³-hybridized carbons (Fsp3) is 0.375. The van der Waals surface area contributed by atoms with E-state index in [-0.39, 0.29) is 17.5 Å². The molecule has 0 spiro atoms. The van der Waals surface area contributed by atoms with Gasteiger partial charge in [0.25, 0.3) is 0 Å². The van der Waals surface area contributed by atoms with Gasteiger partial charge in [0, 0.05) is 30.7 Å². The maximum Gasteiger partial charge on any atom is 0.318 e. The van der Waals surface area contributed by atoms with Crippen LogP contribution in [0.5, 0.6) is 0 Å². The van der Waals surface area contributed by atoms with Gasteiger partial charge in [-0.05, 0) is 74.2 Å². The van der Waals surface area contributed by atoms with Gasteiger partial charge in [0.2, 0.25) is 5.90 Å². The van der Waals surface area contributed by atoms with E-state index >= 15 is 0 Å². The van der Waals surface area contributed by atoms with Crippen LogP contribution in [-0.2, 0) is 24.2 Å². The predicted molar refractivity (Wildman–Crippen MR) is 124 cm³/mol. The zero-order valence-corrected chi connectivity index (χ0v) is 18.6. The molecule has 0 saturated carbocycles. The normalized spacial score (nSPS) is 13.4. The standard InChI is InChI=1S/C24H31N5O2/c1-24(2,3)28-23(30)29-11-10-20-19(9-8-18(13-27-4)21(20)14-29)16-6-5-7-17(12-16)22(26)31-15-25/h5-9,12,15,25-27H,10-11,13-14H2,1-4H3,(H,28,30). The monoisotopic (exact) mass is 421 g/mol. The fourth-order valence-corrected chi connectivity index (χ4v) is 3.90. The molecule has 4 N–H and O–H groups in total. The Hall–Kier alpha value is -3.19. The van der Waals surface area contributed by atoms with Crippen LogP contribution in [-0.4, -0.2) is 42.4 Å². The van der Waals surface area contributed by atoms with E-state index in [1.54, 1.807) is 6.07 Å². The number of carbonyl (C=O) groups excluding carboxylic acids is 1. The molecule has 0 fully saturated rings. The summed E-state index contributed by atoms with van der Waals surface area (Å²) in [5.41, 5.74) is 6.05. The molecule has 0 radical (unpaired) electrons. The number of rotatable bonds is 5. The lowest BCUT2D eigenvalue weighted by Crippen LogP contribution is -2.50. The van der Waals surface area contributed by atoms with Gasteiger partial charge in [-0.1, -0.05) is 24.3 Å². The van der Waals surface area contributed by atoms with Gasteiger partial charge >= 0.3 is 6.03 Å². The highest BCUT2D eigenvalue weighted by atomic mass is 16.5. The Morgan fingerprint density at radius 1 is 1.23 bits per heavy atom. The molecule has 0 saturated heterocycles. The van der Waals surface area contributed by atoms with Gasteiger partial charge in [0.05, 0.1) is 0 Å². The minimum atomic E-state index is -0.281. The molecular formula is C24H31N5O2. The quantitative estimate of drug-likeness (QED) is 0.435. The SMILES string of the molecule is CNCc1ccc(-c2cccc(C(=N)OC=N)c2)c2c1CN(C(=O)NC(C)(C)C)CC2. The molecule has 0 aliphatic carbocycles.